The highest BCUT2D eigenvalue weighted by atomic mass is 31.2. The van der Waals surface area contributed by atoms with Gasteiger partial charge < -0.3 is 14.9 Å². The Labute approximate surface area is 98.4 Å². The lowest BCUT2D eigenvalue weighted by atomic mass is 10.2. The molecule has 0 spiro atoms. The fourth-order valence-electron chi connectivity index (χ4n) is 1.30. The summed E-state index contributed by atoms with van der Waals surface area (Å²) in [6.45, 7) is 0.248. The molecule has 0 fully saturated rings. The van der Waals surface area contributed by atoms with E-state index in [-0.39, 0.29) is 6.54 Å². The molecule has 0 aliphatic heterocycles. The van der Waals surface area contributed by atoms with Crippen LogP contribution in [0.15, 0.2) is 30.3 Å². The summed E-state index contributed by atoms with van der Waals surface area (Å²) in [5, 5.41) is 11.4. The van der Waals surface area contributed by atoms with Crippen LogP contribution in [0.4, 0.5) is 0 Å². The Kier molecular flexibility index (Phi) is 4.84. The Morgan fingerprint density at radius 2 is 1.88 bits per heavy atom. The molecule has 0 amide bonds. The number of carbonyl (C=O) groups is 1. The quantitative estimate of drug-likeness (QED) is 0.551. The second-order valence-corrected chi connectivity index (χ2v) is 5.30. The first-order valence-electron chi connectivity index (χ1n) is 4.93. The van der Waals surface area contributed by atoms with Gasteiger partial charge in [0.05, 0.1) is 6.16 Å². The van der Waals surface area contributed by atoms with E-state index in [2.05, 4.69) is 5.32 Å². The Balaban J connectivity index is 2.57. The first kappa shape index (κ1) is 13.9. The lowest BCUT2D eigenvalue weighted by molar-refractivity contribution is -0.139. The molecule has 0 aromatic heterocycles. The van der Waals surface area contributed by atoms with Gasteiger partial charge in [-0.1, -0.05) is 30.3 Å². The van der Waals surface area contributed by atoms with E-state index < -0.39 is 25.8 Å². The Bertz CT molecular complexity index is 416. The standard InChI is InChI=1S/C10H14NO5P/c12-10(13)9(7-17(14,15)16)11-6-8-4-2-1-3-5-8/h1-5,9,11H,6-7H2,(H,12,13)(H2,14,15,16). The van der Waals surface area contributed by atoms with Crippen molar-refractivity contribution in [3.8, 4) is 0 Å². The normalized spacial score (nSPS) is 13.3. The first-order chi connectivity index (χ1) is 7.88. The highest BCUT2D eigenvalue weighted by Crippen LogP contribution is 2.34. The molecule has 6 nitrogen and oxygen atoms in total. The van der Waals surface area contributed by atoms with E-state index in [1.807, 2.05) is 6.07 Å². The maximum Gasteiger partial charge on any atom is 0.327 e. The van der Waals surface area contributed by atoms with Crippen LogP contribution in [-0.2, 0) is 15.9 Å². The summed E-state index contributed by atoms with van der Waals surface area (Å²) in [4.78, 5) is 28.3. The molecule has 7 heteroatoms. The Morgan fingerprint density at radius 1 is 1.29 bits per heavy atom. The predicted octanol–water partition coefficient (Wildman–Crippen LogP) is 0.407. The van der Waals surface area contributed by atoms with Crippen molar-refractivity contribution in [1.82, 2.24) is 5.32 Å². The van der Waals surface area contributed by atoms with Crippen LogP contribution < -0.4 is 5.32 Å². The largest absolute Gasteiger partial charge is 0.480 e. The third kappa shape index (κ3) is 5.60. The second-order valence-electron chi connectivity index (χ2n) is 3.60. The molecule has 4 N–H and O–H groups in total. The van der Waals surface area contributed by atoms with Crippen molar-refractivity contribution < 1.29 is 24.3 Å². The number of carboxylic acid groups (broad SMARTS) is 1. The Hall–Kier alpha value is -1.20. The van der Waals surface area contributed by atoms with Crippen LogP contribution in [0.2, 0.25) is 0 Å². The summed E-state index contributed by atoms with van der Waals surface area (Å²) in [6, 6.07) is 7.77. The van der Waals surface area contributed by atoms with E-state index in [1.165, 1.54) is 0 Å². The minimum atomic E-state index is -4.34. The van der Waals surface area contributed by atoms with Crippen molar-refractivity contribution in [3.05, 3.63) is 35.9 Å². The lowest BCUT2D eigenvalue weighted by Crippen LogP contribution is -2.39. The van der Waals surface area contributed by atoms with Gasteiger partial charge in [-0.2, -0.15) is 0 Å². The molecule has 17 heavy (non-hydrogen) atoms. The Morgan fingerprint density at radius 3 is 2.35 bits per heavy atom. The molecule has 0 heterocycles. The summed E-state index contributed by atoms with van der Waals surface area (Å²) in [5.74, 6) is -1.27. The van der Waals surface area contributed by atoms with E-state index in [0.29, 0.717) is 0 Å². The van der Waals surface area contributed by atoms with Gasteiger partial charge in [0.1, 0.15) is 6.04 Å². The van der Waals surface area contributed by atoms with Crippen molar-refractivity contribution in [1.29, 1.82) is 0 Å². The molecule has 1 rings (SSSR count). The van der Waals surface area contributed by atoms with Crippen LogP contribution in [0.3, 0.4) is 0 Å². The molecule has 1 unspecified atom stereocenters. The van der Waals surface area contributed by atoms with E-state index >= 15 is 0 Å². The molecule has 1 aromatic carbocycles. The van der Waals surface area contributed by atoms with Gasteiger partial charge in [0.2, 0.25) is 0 Å². The van der Waals surface area contributed by atoms with E-state index in [0.717, 1.165) is 5.56 Å². The van der Waals surface area contributed by atoms with Crippen LogP contribution in [0.5, 0.6) is 0 Å². The SMILES string of the molecule is O=C(O)C(CP(=O)(O)O)NCc1ccccc1. The van der Waals surface area contributed by atoms with E-state index in [9.17, 15) is 9.36 Å². The summed E-state index contributed by atoms with van der Waals surface area (Å²) in [5.41, 5.74) is 0.851. The van der Waals surface area contributed by atoms with Crippen molar-refractivity contribution >= 4 is 13.6 Å². The van der Waals surface area contributed by atoms with Crippen LogP contribution >= 0.6 is 7.60 Å². The van der Waals surface area contributed by atoms with Gasteiger partial charge >= 0.3 is 13.6 Å². The maximum atomic E-state index is 10.8. The third-order valence-corrected chi connectivity index (χ3v) is 2.95. The van der Waals surface area contributed by atoms with Gasteiger partial charge in [0, 0.05) is 6.54 Å². The molecule has 0 aliphatic carbocycles. The van der Waals surface area contributed by atoms with E-state index in [1.54, 1.807) is 24.3 Å². The number of aliphatic carboxylic acids is 1. The van der Waals surface area contributed by atoms with Gasteiger partial charge in [0.15, 0.2) is 0 Å². The van der Waals surface area contributed by atoms with Crippen molar-refractivity contribution in [2.24, 2.45) is 0 Å². The molecule has 0 radical (unpaired) electrons. The smallest absolute Gasteiger partial charge is 0.327 e. The molecule has 0 saturated heterocycles. The van der Waals surface area contributed by atoms with E-state index in [4.69, 9.17) is 14.9 Å². The topological polar surface area (TPSA) is 107 Å². The van der Waals surface area contributed by atoms with Crippen LogP contribution in [-0.4, -0.2) is 33.1 Å². The predicted molar refractivity (Wildman–Crippen MR) is 61.6 cm³/mol. The van der Waals surface area contributed by atoms with Crippen molar-refractivity contribution in [3.63, 3.8) is 0 Å². The first-order valence-corrected chi connectivity index (χ1v) is 6.73. The van der Waals surface area contributed by atoms with Gasteiger partial charge in [-0.3, -0.25) is 14.7 Å². The summed E-state index contributed by atoms with van der Waals surface area (Å²) >= 11 is 0. The number of hydrogen-bond donors (Lipinski definition) is 4. The van der Waals surface area contributed by atoms with Gasteiger partial charge in [-0.05, 0) is 5.56 Å². The maximum absolute atomic E-state index is 10.8. The molecule has 1 atom stereocenters. The molecule has 0 bridgehead atoms. The average Bonchev–Trinajstić information content (AvgIpc) is 2.24. The fraction of sp³-hybridized carbons (Fsp3) is 0.300. The molecule has 1 aromatic rings. The third-order valence-electron chi connectivity index (χ3n) is 2.11. The fourth-order valence-corrected chi connectivity index (χ4v) is 2.07. The molecular formula is C10H14NO5P. The minimum absolute atomic E-state index is 0.248. The number of nitrogens with one attached hydrogen (secondary N) is 1. The highest BCUT2D eigenvalue weighted by molar-refractivity contribution is 7.51. The number of rotatable bonds is 6. The molecule has 94 valence electrons. The van der Waals surface area contributed by atoms with Crippen molar-refractivity contribution in [2.45, 2.75) is 12.6 Å². The zero-order valence-electron chi connectivity index (χ0n) is 8.98. The number of benzene rings is 1. The van der Waals surface area contributed by atoms with Crippen molar-refractivity contribution in [2.75, 3.05) is 6.16 Å². The number of carboxylic acids is 1. The second kappa shape index (κ2) is 5.93. The molecule has 0 aliphatic rings. The lowest BCUT2D eigenvalue weighted by Gasteiger charge is -2.15. The van der Waals surface area contributed by atoms with Crippen LogP contribution in [0.25, 0.3) is 0 Å². The summed E-state index contributed by atoms with van der Waals surface area (Å²) in [6.07, 6.45) is -0.713. The zero-order valence-corrected chi connectivity index (χ0v) is 9.88. The zero-order chi connectivity index (χ0) is 12.9. The molecule has 0 saturated carbocycles. The summed E-state index contributed by atoms with van der Waals surface area (Å²) in [7, 11) is -4.34. The van der Waals surface area contributed by atoms with Gasteiger partial charge in [-0.15, -0.1) is 0 Å². The average molecular weight is 259 g/mol. The summed E-state index contributed by atoms with van der Waals surface area (Å²) < 4.78 is 10.7. The van der Waals surface area contributed by atoms with Crippen LogP contribution in [0.1, 0.15) is 5.56 Å². The van der Waals surface area contributed by atoms with Gasteiger partial charge in [-0.25, -0.2) is 0 Å². The highest BCUT2D eigenvalue weighted by Gasteiger charge is 2.26. The monoisotopic (exact) mass is 259 g/mol. The number of hydrogen-bond acceptors (Lipinski definition) is 3. The minimum Gasteiger partial charge on any atom is -0.480 e. The van der Waals surface area contributed by atoms with Gasteiger partial charge in [0.25, 0.3) is 0 Å². The van der Waals surface area contributed by atoms with Crippen LogP contribution in [0, 0.1) is 0 Å². The molecular weight excluding hydrogens is 245 g/mol.